The number of amides is 2. The van der Waals surface area contributed by atoms with E-state index in [9.17, 15) is 14.0 Å². The van der Waals surface area contributed by atoms with Crippen LogP contribution in [0.25, 0.3) is 0 Å². The molecule has 164 valence electrons. The third-order valence-corrected chi connectivity index (χ3v) is 6.29. The van der Waals surface area contributed by atoms with E-state index in [0.29, 0.717) is 50.6 Å². The summed E-state index contributed by atoms with van der Waals surface area (Å²) in [6.07, 6.45) is 0.109. The van der Waals surface area contributed by atoms with E-state index in [1.54, 1.807) is 24.0 Å². The van der Waals surface area contributed by atoms with Crippen molar-refractivity contribution in [3.8, 4) is 0 Å². The third-order valence-electron chi connectivity index (χ3n) is 5.75. The van der Waals surface area contributed by atoms with Crippen LogP contribution in [0, 0.1) is 11.7 Å². The normalized spacial score (nSPS) is 20.2. The number of halogens is 1. The first-order valence-corrected chi connectivity index (χ1v) is 10.8. The number of thiocarbonyl (C=S) groups is 1. The fraction of sp³-hybridized carbons (Fsp3) is 0.571. The molecular formula is C21H29FN4O3S. The van der Waals surface area contributed by atoms with Gasteiger partial charge in [-0.2, -0.15) is 0 Å². The van der Waals surface area contributed by atoms with Crippen molar-refractivity contribution in [3.63, 3.8) is 0 Å². The molecule has 1 aromatic rings. The Bertz CT molecular complexity index is 813. The maximum atomic E-state index is 14.8. The molecule has 2 amide bonds. The number of rotatable bonds is 6. The van der Waals surface area contributed by atoms with Gasteiger partial charge in [0.25, 0.3) is 0 Å². The molecule has 1 unspecified atom stereocenters. The molecular weight excluding hydrogens is 407 g/mol. The number of nitrogens with one attached hydrogen (secondary N) is 1. The Hall–Kier alpha value is -2.42. The summed E-state index contributed by atoms with van der Waals surface area (Å²) < 4.78 is 20.2. The zero-order valence-electron chi connectivity index (χ0n) is 17.7. The number of anilines is 2. The van der Waals surface area contributed by atoms with Crippen LogP contribution in [-0.2, 0) is 9.53 Å². The van der Waals surface area contributed by atoms with Crippen molar-refractivity contribution in [1.29, 1.82) is 0 Å². The van der Waals surface area contributed by atoms with Gasteiger partial charge < -0.3 is 19.9 Å². The zero-order valence-corrected chi connectivity index (χ0v) is 18.5. The Morgan fingerprint density at radius 3 is 2.63 bits per heavy atom. The number of cyclic esters (lactones) is 1. The molecule has 2 fully saturated rings. The van der Waals surface area contributed by atoms with E-state index < -0.39 is 11.9 Å². The number of carbonyl (C=O) groups excluding carboxylic acids is 2. The second-order valence-electron chi connectivity index (χ2n) is 7.80. The van der Waals surface area contributed by atoms with Crippen molar-refractivity contribution in [3.05, 3.63) is 24.0 Å². The largest absolute Gasteiger partial charge is 0.442 e. The van der Waals surface area contributed by atoms with E-state index in [4.69, 9.17) is 17.0 Å². The summed E-state index contributed by atoms with van der Waals surface area (Å²) in [5, 5.41) is 3.16. The summed E-state index contributed by atoms with van der Waals surface area (Å²) in [5.74, 6) is -0.0877. The molecule has 0 aliphatic carbocycles. The molecule has 30 heavy (non-hydrogen) atoms. The lowest BCUT2D eigenvalue weighted by Crippen LogP contribution is -2.48. The van der Waals surface area contributed by atoms with Crippen molar-refractivity contribution in [2.24, 2.45) is 5.92 Å². The first kappa shape index (κ1) is 22.3. The molecule has 2 atom stereocenters. The minimum Gasteiger partial charge on any atom is -0.442 e. The van der Waals surface area contributed by atoms with Gasteiger partial charge in [0.05, 0.1) is 29.5 Å². The predicted molar refractivity (Wildman–Crippen MR) is 119 cm³/mol. The number of ether oxygens (including phenoxy) is 1. The van der Waals surface area contributed by atoms with E-state index in [0.717, 1.165) is 11.4 Å². The summed E-state index contributed by atoms with van der Waals surface area (Å²) in [6.45, 7) is 8.73. The van der Waals surface area contributed by atoms with Crippen LogP contribution in [-0.4, -0.2) is 67.3 Å². The Morgan fingerprint density at radius 2 is 2.03 bits per heavy atom. The Kier molecular flexibility index (Phi) is 7.12. The molecule has 1 aromatic carbocycles. The van der Waals surface area contributed by atoms with Crippen LogP contribution in [0.4, 0.5) is 20.6 Å². The lowest BCUT2D eigenvalue weighted by Gasteiger charge is -2.35. The Balaban J connectivity index is 1.60. The Morgan fingerprint density at radius 1 is 1.33 bits per heavy atom. The number of benzene rings is 1. The second-order valence-corrected chi connectivity index (χ2v) is 8.24. The van der Waals surface area contributed by atoms with Gasteiger partial charge >= 0.3 is 6.09 Å². The quantitative estimate of drug-likeness (QED) is 0.692. The first-order chi connectivity index (χ1) is 14.3. The van der Waals surface area contributed by atoms with Gasteiger partial charge in [-0.1, -0.05) is 26.1 Å². The molecule has 2 aliphatic rings. The predicted octanol–water partition coefficient (Wildman–Crippen LogP) is 2.78. The molecule has 0 radical (unpaired) electrons. The van der Waals surface area contributed by atoms with Gasteiger partial charge in [0.1, 0.15) is 11.9 Å². The number of hydrogen-bond donors (Lipinski definition) is 1. The van der Waals surface area contributed by atoms with Crippen molar-refractivity contribution in [2.45, 2.75) is 33.3 Å². The monoisotopic (exact) mass is 436 g/mol. The highest BCUT2D eigenvalue weighted by atomic mass is 32.1. The lowest BCUT2D eigenvalue weighted by molar-refractivity contribution is -0.129. The highest BCUT2D eigenvalue weighted by molar-refractivity contribution is 7.80. The average molecular weight is 437 g/mol. The lowest BCUT2D eigenvalue weighted by atomic mass is 10.1. The number of nitrogens with zero attached hydrogens (tertiary/aromatic N) is 3. The molecule has 2 aliphatic heterocycles. The summed E-state index contributed by atoms with van der Waals surface area (Å²) in [5.41, 5.74) is 0.947. The van der Waals surface area contributed by atoms with Crippen LogP contribution < -0.4 is 15.1 Å². The number of carbonyl (C=O) groups is 2. The summed E-state index contributed by atoms with van der Waals surface area (Å²) in [4.78, 5) is 29.6. The summed E-state index contributed by atoms with van der Waals surface area (Å²) >= 11 is 5.34. The molecule has 2 heterocycles. The van der Waals surface area contributed by atoms with Crippen molar-refractivity contribution < 1.29 is 18.7 Å². The van der Waals surface area contributed by atoms with E-state index in [2.05, 4.69) is 12.2 Å². The molecule has 0 bridgehead atoms. The highest BCUT2D eigenvalue weighted by Crippen LogP contribution is 2.28. The molecule has 3 rings (SSSR count). The topological polar surface area (TPSA) is 65.1 Å². The van der Waals surface area contributed by atoms with Crippen molar-refractivity contribution in [1.82, 2.24) is 10.2 Å². The van der Waals surface area contributed by atoms with Gasteiger partial charge in [0, 0.05) is 39.0 Å². The van der Waals surface area contributed by atoms with Crippen LogP contribution in [0.1, 0.15) is 27.2 Å². The minimum atomic E-state index is -0.488. The second kappa shape index (κ2) is 9.59. The number of hydrogen-bond acceptors (Lipinski definition) is 5. The minimum absolute atomic E-state index is 0.0342. The van der Waals surface area contributed by atoms with E-state index >= 15 is 0 Å². The van der Waals surface area contributed by atoms with Crippen molar-refractivity contribution in [2.75, 3.05) is 49.1 Å². The van der Waals surface area contributed by atoms with Gasteiger partial charge in [-0.25, -0.2) is 9.18 Å². The zero-order chi connectivity index (χ0) is 21.8. The van der Waals surface area contributed by atoms with E-state index in [-0.39, 0.29) is 17.9 Å². The summed E-state index contributed by atoms with van der Waals surface area (Å²) in [7, 11) is 0. The smallest absolute Gasteiger partial charge is 0.414 e. The van der Waals surface area contributed by atoms with Gasteiger partial charge in [0.2, 0.25) is 5.91 Å². The number of piperazine rings is 1. The van der Waals surface area contributed by atoms with Crippen LogP contribution in [0.3, 0.4) is 0 Å². The molecule has 0 spiro atoms. The molecule has 0 aromatic heterocycles. The van der Waals surface area contributed by atoms with E-state index in [1.165, 1.54) is 11.0 Å². The first-order valence-electron chi connectivity index (χ1n) is 10.4. The van der Waals surface area contributed by atoms with Crippen LogP contribution in [0.5, 0.6) is 0 Å². The summed E-state index contributed by atoms with van der Waals surface area (Å²) in [6, 6.07) is 4.79. The van der Waals surface area contributed by atoms with Crippen LogP contribution in [0.15, 0.2) is 18.2 Å². The van der Waals surface area contributed by atoms with Crippen molar-refractivity contribution >= 4 is 40.6 Å². The van der Waals surface area contributed by atoms with E-state index in [1.807, 2.05) is 11.8 Å². The highest BCUT2D eigenvalue weighted by Gasteiger charge is 2.33. The standard InChI is InChI=1S/C21H29FN4O3S/c1-4-14(2)20(30)23-12-17-13-26(21(28)29-17)16-5-6-19(18(22)11-16)25-9-7-24(8-10-25)15(3)27/h5-6,11,14,17H,4,7-10,12-13H2,1-3H3,(H,23,30)/t14?,17-/m0/s1. The van der Waals surface area contributed by atoms with Crippen LogP contribution in [0.2, 0.25) is 0 Å². The fourth-order valence-electron chi connectivity index (χ4n) is 3.60. The van der Waals surface area contributed by atoms with Gasteiger partial charge in [-0.05, 0) is 24.6 Å². The SMILES string of the molecule is CCC(C)C(=S)NC[C@H]1CN(c2ccc(N3CCN(C(C)=O)CC3)c(F)c2)C(=O)O1. The van der Waals surface area contributed by atoms with Gasteiger partial charge in [-0.15, -0.1) is 0 Å². The van der Waals surface area contributed by atoms with Crippen LogP contribution >= 0.6 is 12.2 Å². The van der Waals surface area contributed by atoms with Gasteiger partial charge in [-0.3, -0.25) is 9.69 Å². The maximum Gasteiger partial charge on any atom is 0.414 e. The maximum absolute atomic E-state index is 14.8. The molecule has 9 heteroatoms. The Labute approximate surface area is 182 Å². The molecule has 1 N–H and O–H groups in total. The molecule has 2 saturated heterocycles. The molecule has 7 nitrogen and oxygen atoms in total. The fourth-order valence-corrected chi connectivity index (χ4v) is 3.85. The molecule has 0 saturated carbocycles. The third kappa shape index (κ3) is 5.00. The average Bonchev–Trinajstić information content (AvgIpc) is 3.11. The van der Waals surface area contributed by atoms with Gasteiger partial charge in [0.15, 0.2) is 0 Å².